The molecule has 1 aromatic heterocycles. The highest BCUT2D eigenvalue weighted by molar-refractivity contribution is 8.23. The molecular formula is C14H19ClN2O2S2. The number of hydrogen-bond acceptors (Lipinski definition) is 5. The highest BCUT2D eigenvalue weighted by Gasteiger charge is 2.17. The van der Waals surface area contributed by atoms with Crippen LogP contribution in [0.5, 0.6) is 0 Å². The van der Waals surface area contributed by atoms with E-state index in [0.717, 1.165) is 12.8 Å². The Morgan fingerprint density at radius 2 is 2.24 bits per heavy atom. The minimum absolute atomic E-state index is 0.0507. The van der Waals surface area contributed by atoms with Gasteiger partial charge in [0.05, 0.1) is 12.4 Å². The van der Waals surface area contributed by atoms with Gasteiger partial charge in [-0.15, -0.1) is 0 Å². The van der Waals surface area contributed by atoms with E-state index in [9.17, 15) is 4.79 Å². The number of amides is 1. The van der Waals surface area contributed by atoms with E-state index < -0.39 is 0 Å². The van der Waals surface area contributed by atoms with Crippen molar-refractivity contribution in [2.45, 2.75) is 26.7 Å². The van der Waals surface area contributed by atoms with E-state index in [1.54, 1.807) is 23.1 Å². The van der Waals surface area contributed by atoms with Crippen LogP contribution in [-0.4, -0.2) is 34.2 Å². The van der Waals surface area contributed by atoms with Crippen LogP contribution in [0.3, 0.4) is 0 Å². The Hall–Kier alpha value is -0.850. The molecule has 4 nitrogen and oxygen atoms in total. The van der Waals surface area contributed by atoms with Gasteiger partial charge in [-0.1, -0.05) is 42.8 Å². The van der Waals surface area contributed by atoms with Crippen LogP contribution in [-0.2, 0) is 9.53 Å². The summed E-state index contributed by atoms with van der Waals surface area (Å²) in [5, 5.41) is 0.374. The van der Waals surface area contributed by atoms with Crippen molar-refractivity contribution in [3.63, 3.8) is 0 Å². The second kappa shape index (κ2) is 9.97. The first-order valence-corrected chi connectivity index (χ1v) is 8.58. The number of ether oxygens (including phenoxy) is 1. The quantitative estimate of drug-likeness (QED) is 0.553. The molecule has 0 saturated heterocycles. The first kappa shape index (κ1) is 18.2. The molecule has 1 rings (SSSR count). The average Bonchev–Trinajstić information content (AvgIpc) is 2.46. The summed E-state index contributed by atoms with van der Waals surface area (Å²) in [6, 6.07) is 5.26. The molecule has 1 heterocycles. The molecule has 116 valence electrons. The molecule has 0 aliphatic rings. The number of unbranched alkanes of at least 4 members (excludes halogenated alkanes) is 1. The fraction of sp³-hybridized carbons (Fsp3) is 0.500. The first-order chi connectivity index (χ1) is 10.1. The highest BCUT2D eigenvalue weighted by atomic mass is 35.5. The lowest BCUT2D eigenvalue weighted by Crippen LogP contribution is -2.34. The Balaban J connectivity index is 2.72. The topological polar surface area (TPSA) is 42.4 Å². The summed E-state index contributed by atoms with van der Waals surface area (Å²) in [7, 11) is 0. The lowest BCUT2D eigenvalue weighted by molar-refractivity contribution is -0.116. The Morgan fingerprint density at radius 3 is 2.86 bits per heavy atom. The van der Waals surface area contributed by atoms with Crippen molar-refractivity contribution in [1.29, 1.82) is 0 Å². The predicted molar refractivity (Wildman–Crippen MR) is 93.2 cm³/mol. The molecule has 0 unspecified atom stereocenters. The van der Waals surface area contributed by atoms with Crippen molar-refractivity contribution in [2.24, 2.45) is 0 Å². The summed E-state index contributed by atoms with van der Waals surface area (Å²) in [6.45, 7) is 5.06. The van der Waals surface area contributed by atoms with Gasteiger partial charge in [0.15, 0.2) is 0 Å². The second-order valence-electron chi connectivity index (χ2n) is 4.19. The number of nitrogens with zero attached hydrogens (tertiary/aromatic N) is 2. The Labute approximate surface area is 140 Å². The van der Waals surface area contributed by atoms with E-state index >= 15 is 0 Å². The molecule has 1 aromatic rings. The molecular weight excluding hydrogens is 328 g/mol. The molecule has 0 aliphatic carbocycles. The van der Waals surface area contributed by atoms with Crippen LogP contribution < -0.4 is 4.90 Å². The predicted octanol–water partition coefficient (Wildman–Crippen LogP) is 3.92. The zero-order chi connectivity index (χ0) is 15.7. The number of halogens is 1. The number of thioether (sulfide) groups is 1. The molecule has 1 amide bonds. The molecule has 0 fully saturated rings. The fourth-order valence-corrected chi connectivity index (χ4v) is 2.64. The smallest absolute Gasteiger partial charge is 0.238 e. The number of carbonyl (C=O) groups is 1. The molecule has 0 aromatic carbocycles. The fourth-order valence-electron chi connectivity index (χ4n) is 1.59. The number of pyridine rings is 1. The van der Waals surface area contributed by atoms with Crippen molar-refractivity contribution in [3.8, 4) is 0 Å². The molecule has 0 saturated carbocycles. The van der Waals surface area contributed by atoms with Gasteiger partial charge in [0, 0.05) is 6.54 Å². The second-order valence-corrected chi connectivity index (χ2v) is 6.15. The highest BCUT2D eigenvalue weighted by Crippen LogP contribution is 2.17. The molecule has 21 heavy (non-hydrogen) atoms. The van der Waals surface area contributed by atoms with Crippen molar-refractivity contribution >= 4 is 51.7 Å². The Bertz CT molecular complexity index is 486. The maximum absolute atomic E-state index is 12.4. The van der Waals surface area contributed by atoms with Gasteiger partial charge in [-0.2, -0.15) is 0 Å². The SMILES string of the molecule is CCCCN(C(=O)CSC(=S)OCC)c1cccc(Cl)n1. The van der Waals surface area contributed by atoms with E-state index in [1.165, 1.54) is 11.8 Å². The van der Waals surface area contributed by atoms with Crippen LogP contribution in [0.1, 0.15) is 26.7 Å². The molecule has 0 bridgehead atoms. The Kier molecular flexibility index (Phi) is 8.64. The minimum Gasteiger partial charge on any atom is -0.479 e. The van der Waals surface area contributed by atoms with Gasteiger partial charge in [-0.25, -0.2) is 4.98 Å². The van der Waals surface area contributed by atoms with Crippen LogP contribution in [0.4, 0.5) is 5.82 Å². The van der Waals surface area contributed by atoms with Gasteiger partial charge < -0.3 is 4.74 Å². The van der Waals surface area contributed by atoms with Gasteiger partial charge in [-0.3, -0.25) is 9.69 Å². The van der Waals surface area contributed by atoms with Gasteiger partial charge in [0.25, 0.3) is 0 Å². The van der Waals surface area contributed by atoms with Crippen molar-refractivity contribution in [3.05, 3.63) is 23.4 Å². The molecule has 7 heteroatoms. The van der Waals surface area contributed by atoms with Crippen LogP contribution in [0.15, 0.2) is 18.2 Å². The van der Waals surface area contributed by atoms with Crippen LogP contribution in [0.25, 0.3) is 0 Å². The number of anilines is 1. The summed E-state index contributed by atoms with van der Waals surface area (Å²) in [5.74, 6) is 0.755. The summed E-state index contributed by atoms with van der Waals surface area (Å²) >= 11 is 12.1. The zero-order valence-corrected chi connectivity index (χ0v) is 14.6. The molecule has 0 spiro atoms. The summed E-state index contributed by atoms with van der Waals surface area (Å²) < 4.78 is 5.55. The third-order valence-electron chi connectivity index (χ3n) is 2.59. The third kappa shape index (κ3) is 6.63. The van der Waals surface area contributed by atoms with Crippen LogP contribution >= 0.6 is 35.6 Å². The normalized spacial score (nSPS) is 10.2. The number of aromatic nitrogens is 1. The van der Waals surface area contributed by atoms with E-state index in [0.29, 0.717) is 28.5 Å². The number of hydrogen-bond donors (Lipinski definition) is 0. The van der Waals surface area contributed by atoms with Crippen LogP contribution in [0, 0.1) is 0 Å². The molecule has 0 N–H and O–H groups in total. The third-order valence-corrected chi connectivity index (χ3v) is 4.02. The van der Waals surface area contributed by atoms with E-state index in [4.69, 9.17) is 28.6 Å². The van der Waals surface area contributed by atoms with Gasteiger partial charge in [0.1, 0.15) is 11.0 Å². The number of rotatable bonds is 7. The summed E-state index contributed by atoms with van der Waals surface area (Å²) in [4.78, 5) is 18.2. The van der Waals surface area contributed by atoms with Gasteiger partial charge in [0.2, 0.25) is 10.3 Å². The lowest BCUT2D eigenvalue weighted by atomic mass is 10.3. The molecule has 0 radical (unpaired) electrons. The van der Waals surface area contributed by atoms with Crippen LogP contribution in [0.2, 0.25) is 5.15 Å². The van der Waals surface area contributed by atoms with Crippen molar-refractivity contribution in [2.75, 3.05) is 23.8 Å². The first-order valence-electron chi connectivity index (χ1n) is 6.81. The van der Waals surface area contributed by atoms with E-state index in [1.807, 2.05) is 6.92 Å². The number of carbonyl (C=O) groups excluding carboxylic acids is 1. The minimum atomic E-state index is -0.0507. The maximum Gasteiger partial charge on any atom is 0.238 e. The maximum atomic E-state index is 12.4. The van der Waals surface area contributed by atoms with Gasteiger partial charge >= 0.3 is 0 Å². The zero-order valence-electron chi connectivity index (χ0n) is 12.2. The standard InChI is InChI=1S/C14H19ClN2O2S2/c1-3-5-9-17(12-8-6-7-11(15)16-12)13(18)10-21-14(20)19-4-2/h6-8H,3-5,9-10H2,1-2H3. The molecule has 0 aliphatic heterocycles. The van der Waals surface area contributed by atoms with Crippen molar-refractivity contribution in [1.82, 2.24) is 4.98 Å². The van der Waals surface area contributed by atoms with E-state index in [2.05, 4.69) is 11.9 Å². The summed E-state index contributed by atoms with van der Waals surface area (Å²) in [6.07, 6.45) is 1.90. The summed E-state index contributed by atoms with van der Waals surface area (Å²) in [5.41, 5.74) is 0. The van der Waals surface area contributed by atoms with Gasteiger partial charge in [-0.05, 0) is 37.7 Å². The largest absolute Gasteiger partial charge is 0.479 e. The monoisotopic (exact) mass is 346 g/mol. The average molecular weight is 347 g/mol. The van der Waals surface area contributed by atoms with E-state index in [-0.39, 0.29) is 11.7 Å². The number of thiocarbonyl (C=S) groups is 1. The lowest BCUT2D eigenvalue weighted by Gasteiger charge is -2.21. The Morgan fingerprint density at radius 1 is 1.48 bits per heavy atom. The molecule has 0 atom stereocenters. The van der Waals surface area contributed by atoms with Crippen molar-refractivity contribution < 1.29 is 9.53 Å².